The molecule has 0 aromatic heterocycles. The molecule has 4 nitrogen and oxygen atoms in total. The number of nitrogens with one attached hydrogen (secondary N) is 2. The summed E-state index contributed by atoms with van der Waals surface area (Å²) in [6.45, 7) is 7.20. The van der Waals surface area contributed by atoms with E-state index in [9.17, 15) is 0 Å². The molecule has 2 N–H and O–H groups in total. The Bertz CT molecular complexity index is 216. The lowest BCUT2D eigenvalue weighted by molar-refractivity contribution is 0.105. The van der Waals surface area contributed by atoms with E-state index in [4.69, 9.17) is 4.74 Å². The van der Waals surface area contributed by atoms with Gasteiger partial charge in [0, 0.05) is 26.7 Å². The number of aliphatic imine (C=N–C) groups is 1. The molecule has 0 amide bonds. The van der Waals surface area contributed by atoms with Crippen molar-refractivity contribution >= 4 is 29.9 Å². The minimum Gasteiger partial charge on any atom is -0.378 e. The van der Waals surface area contributed by atoms with Gasteiger partial charge in [-0.1, -0.05) is 13.8 Å². The Kier molecular flexibility index (Phi) is 9.91. The van der Waals surface area contributed by atoms with Gasteiger partial charge in [0.2, 0.25) is 0 Å². The predicted octanol–water partition coefficient (Wildman–Crippen LogP) is 1.99. The van der Waals surface area contributed by atoms with Crippen molar-refractivity contribution < 1.29 is 4.74 Å². The van der Waals surface area contributed by atoms with Crippen molar-refractivity contribution in [2.24, 2.45) is 10.9 Å². The average Bonchev–Trinajstić information content (AvgIpc) is 2.75. The maximum absolute atomic E-state index is 5.57. The molecule has 17 heavy (non-hydrogen) atoms. The highest BCUT2D eigenvalue weighted by molar-refractivity contribution is 14.0. The van der Waals surface area contributed by atoms with E-state index in [2.05, 4.69) is 29.5 Å². The van der Waals surface area contributed by atoms with Crippen LogP contribution in [-0.2, 0) is 4.74 Å². The molecule has 1 saturated heterocycles. The van der Waals surface area contributed by atoms with Gasteiger partial charge in [-0.15, -0.1) is 24.0 Å². The van der Waals surface area contributed by atoms with E-state index in [1.165, 1.54) is 12.8 Å². The van der Waals surface area contributed by atoms with Crippen molar-refractivity contribution in [3.05, 3.63) is 0 Å². The molecule has 0 aromatic carbocycles. The predicted molar refractivity (Wildman–Crippen MR) is 83.2 cm³/mol. The lowest BCUT2D eigenvalue weighted by Crippen LogP contribution is -2.40. The van der Waals surface area contributed by atoms with Gasteiger partial charge in [0.1, 0.15) is 0 Å². The van der Waals surface area contributed by atoms with Crippen LogP contribution in [0, 0.1) is 5.92 Å². The number of halogens is 1. The molecule has 5 heteroatoms. The standard InChI is InChI=1S/C12H25N3O.HI/c1-10(2)9-15-12(13-3)14-7-6-11-5-4-8-16-11;/h10-11H,4-9H2,1-3H3,(H2,13,14,15);1H. The Hall–Kier alpha value is -0.0400. The maximum atomic E-state index is 5.57. The van der Waals surface area contributed by atoms with Crippen molar-refractivity contribution in [1.29, 1.82) is 0 Å². The Morgan fingerprint density at radius 2 is 2.18 bits per heavy atom. The average molecular weight is 355 g/mol. The first-order valence-corrected chi connectivity index (χ1v) is 6.28. The van der Waals surface area contributed by atoms with Gasteiger partial charge in [-0.3, -0.25) is 4.99 Å². The van der Waals surface area contributed by atoms with Gasteiger partial charge in [0.05, 0.1) is 6.10 Å². The van der Waals surface area contributed by atoms with Crippen LogP contribution < -0.4 is 10.6 Å². The summed E-state index contributed by atoms with van der Waals surface area (Å²) in [5.74, 6) is 1.53. The summed E-state index contributed by atoms with van der Waals surface area (Å²) in [6, 6.07) is 0. The smallest absolute Gasteiger partial charge is 0.190 e. The van der Waals surface area contributed by atoms with E-state index in [1.807, 2.05) is 7.05 Å². The van der Waals surface area contributed by atoms with Gasteiger partial charge in [-0.2, -0.15) is 0 Å². The monoisotopic (exact) mass is 355 g/mol. The molecule has 1 aliphatic rings. The number of hydrogen-bond acceptors (Lipinski definition) is 2. The highest BCUT2D eigenvalue weighted by Crippen LogP contribution is 2.14. The lowest BCUT2D eigenvalue weighted by atomic mass is 10.2. The molecule has 0 aliphatic carbocycles. The fourth-order valence-electron chi connectivity index (χ4n) is 1.74. The third-order valence-electron chi connectivity index (χ3n) is 2.68. The highest BCUT2D eigenvalue weighted by atomic mass is 127. The summed E-state index contributed by atoms with van der Waals surface area (Å²) in [6.07, 6.45) is 3.95. The van der Waals surface area contributed by atoms with Crippen LogP contribution in [0.15, 0.2) is 4.99 Å². The normalized spacial score (nSPS) is 20.2. The van der Waals surface area contributed by atoms with Crippen LogP contribution in [0.25, 0.3) is 0 Å². The summed E-state index contributed by atoms with van der Waals surface area (Å²) in [5.41, 5.74) is 0. The number of guanidine groups is 1. The number of ether oxygens (including phenoxy) is 1. The quantitative estimate of drug-likeness (QED) is 0.451. The van der Waals surface area contributed by atoms with Crippen molar-refractivity contribution in [3.63, 3.8) is 0 Å². The maximum Gasteiger partial charge on any atom is 0.190 e. The zero-order chi connectivity index (χ0) is 11.8. The first-order valence-electron chi connectivity index (χ1n) is 6.28. The molecule has 1 rings (SSSR count). The van der Waals surface area contributed by atoms with E-state index in [1.54, 1.807) is 0 Å². The van der Waals surface area contributed by atoms with Crippen LogP contribution in [-0.4, -0.2) is 38.8 Å². The third-order valence-corrected chi connectivity index (χ3v) is 2.68. The van der Waals surface area contributed by atoms with E-state index in [0.29, 0.717) is 12.0 Å². The zero-order valence-electron chi connectivity index (χ0n) is 11.2. The van der Waals surface area contributed by atoms with Gasteiger partial charge in [-0.25, -0.2) is 0 Å². The summed E-state index contributed by atoms with van der Waals surface area (Å²) < 4.78 is 5.57. The van der Waals surface area contributed by atoms with Crippen molar-refractivity contribution in [3.8, 4) is 0 Å². The molecule has 0 radical (unpaired) electrons. The van der Waals surface area contributed by atoms with Gasteiger partial charge in [-0.05, 0) is 25.2 Å². The second kappa shape index (κ2) is 9.94. The Morgan fingerprint density at radius 1 is 1.41 bits per heavy atom. The molecule has 1 heterocycles. The van der Waals surface area contributed by atoms with Gasteiger partial charge >= 0.3 is 0 Å². The zero-order valence-corrected chi connectivity index (χ0v) is 13.5. The fraction of sp³-hybridized carbons (Fsp3) is 0.917. The van der Waals surface area contributed by atoms with Crippen LogP contribution in [0.5, 0.6) is 0 Å². The molecule has 0 bridgehead atoms. The first kappa shape index (κ1) is 17.0. The van der Waals surface area contributed by atoms with Crippen molar-refractivity contribution in [1.82, 2.24) is 10.6 Å². The highest BCUT2D eigenvalue weighted by Gasteiger charge is 2.14. The van der Waals surface area contributed by atoms with Gasteiger partial charge in [0.25, 0.3) is 0 Å². The molecule has 0 spiro atoms. The van der Waals surface area contributed by atoms with Crippen LogP contribution in [0.4, 0.5) is 0 Å². The lowest BCUT2D eigenvalue weighted by Gasteiger charge is -2.15. The van der Waals surface area contributed by atoms with Crippen LogP contribution in [0.3, 0.4) is 0 Å². The molecular formula is C12H26IN3O. The Balaban J connectivity index is 0.00000256. The number of rotatable bonds is 5. The molecular weight excluding hydrogens is 329 g/mol. The second-order valence-electron chi connectivity index (χ2n) is 4.70. The van der Waals surface area contributed by atoms with Crippen LogP contribution in [0.1, 0.15) is 33.1 Å². The first-order chi connectivity index (χ1) is 7.72. The third kappa shape index (κ3) is 7.81. The van der Waals surface area contributed by atoms with E-state index in [-0.39, 0.29) is 24.0 Å². The van der Waals surface area contributed by atoms with Crippen molar-refractivity contribution in [2.45, 2.75) is 39.2 Å². The molecule has 1 aliphatic heterocycles. The Labute approximate surface area is 122 Å². The van der Waals surface area contributed by atoms with Gasteiger partial charge in [0.15, 0.2) is 5.96 Å². The fourth-order valence-corrected chi connectivity index (χ4v) is 1.74. The minimum atomic E-state index is 0. The Morgan fingerprint density at radius 3 is 2.71 bits per heavy atom. The molecule has 1 unspecified atom stereocenters. The molecule has 102 valence electrons. The van der Waals surface area contributed by atoms with E-state index >= 15 is 0 Å². The molecule has 0 saturated carbocycles. The largest absolute Gasteiger partial charge is 0.378 e. The van der Waals surface area contributed by atoms with E-state index < -0.39 is 0 Å². The minimum absolute atomic E-state index is 0. The van der Waals surface area contributed by atoms with Crippen molar-refractivity contribution in [2.75, 3.05) is 26.7 Å². The SMILES string of the molecule is CN=C(NCCC1CCCO1)NCC(C)C.I. The summed E-state index contributed by atoms with van der Waals surface area (Å²) in [7, 11) is 1.81. The number of hydrogen-bond donors (Lipinski definition) is 2. The summed E-state index contributed by atoms with van der Waals surface area (Å²) in [4.78, 5) is 4.18. The van der Waals surface area contributed by atoms with Crippen LogP contribution in [0.2, 0.25) is 0 Å². The molecule has 0 aromatic rings. The second-order valence-corrected chi connectivity index (χ2v) is 4.70. The van der Waals surface area contributed by atoms with E-state index in [0.717, 1.165) is 32.1 Å². The topological polar surface area (TPSA) is 45.7 Å². The number of nitrogens with zero attached hydrogens (tertiary/aromatic N) is 1. The van der Waals surface area contributed by atoms with Gasteiger partial charge < -0.3 is 15.4 Å². The molecule has 1 atom stereocenters. The van der Waals surface area contributed by atoms with Crippen LogP contribution >= 0.6 is 24.0 Å². The summed E-state index contributed by atoms with van der Waals surface area (Å²) in [5, 5.41) is 6.60. The molecule has 1 fully saturated rings. The summed E-state index contributed by atoms with van der Waals surface area (Å²) >= 11 is 0.